The molecule has 0 unspecified atom stereocenters. The number of nitrogens with one attached hydrogen (secondary N) is 2. The molecule has 1 aromatic carbocycles. The van der Waals surface area contributed by atoms with Crippen LogP contribution >= 0.6 is 11.3 Å². The maximum atomic E-state index is 12.6. The molecule has 144 valence electrons. The van der Waals surface area contributed by atoms with Gasteiger partial charge in [-0.25, -0.2) is 4.68 Å². The third kappa shape index (κ3) is 3.47. The summed E-state index contributed by atoms with van der Waals surface area (Å²) in [6.07, 6.45) is 2.14. The number of benzene rings is 1. The summed E-state index contributed by atoms with van der Waals surface area (Å²) < 4.78 is 1.81. The quantitative estimate of drug-likeness (QED) is 0.531. The first kappa shape index (κ1) is 17.5. The number of tetrazole rings is 1. The van der Waals surface area contributed by atoms with Gasteiger partial charge in [-0.1, -0.05) is 18.2 Å². The van der Waals surface area contributed by atoms with Crippen molar-refractivity contribution in [1.29, 1.82) is 0 Å². The van der Waals surface area contributed by atoms with Crippen LogP contribution in [0.25, 0.3) is 22.0 Å². The summed E-state index contributed by atoms with van der Waals surface area (Å²) in [5.74, 6) is 0.199. The number of carbonyl (C=O) groups is 1. The molecule has 1 aliphatic carbocycles. The first-order chi connectivity index (χ1) is 14.2. The summed E-state index contributed by atoms with van der Waals surface area (Å²) >= 11 is 1.52. The van der Waals surface area contributed by atoms with Crippen LogP contribution in [0.4, 0.5) is 5.69 Å². The van der Waals surface area contributed by atoms with Gasteiger partial charge in [0.1, 0.15) is 5.56 Å². The lowest BCUT2D eigenvalue weighted by molar-refractivity contribution is 0.102. The molecule has 1 amide bonds. The summed E-state index contributed by atoms with van der Waals surface area (Å²) in [7, 11) is 0. The number of amides is 1. The van der Waals surface area contributed by atoms with Crippen molar-refractivity contribution in [2.75, 3.05) is 5.32 Å². The lowest BCUT2D eigenvalue weighted by Gasteiger charge is -2.08. The topological polar surface area (TPSA) is 106 Å². The molecule has 2 N–H and O–H groups in total. The molecule has 4 aromatic rings. The van der Waals surface area contributed by atoms with E-state index in [0.717, 1.165) is 23.3 Å². The van der Waals surface area contributed by atoms with Crippen LogP contribution in [-0.4, -0.2) is 31.1 Å². The Hall–Kier alpha value is -3.59. The summed E-state index contributed by atoms with van der Waals surface area (Å²) in [5.41, 5.74) is 1.69. The van der Waals surface area contributed by atoms with Crippen molar-refractivity contribution in [3.63, 3.8) is 0 Å². The number of hydrogen-bond donors (Lipinski definition) is 2. The smallest absolute Gasteiger partial charge is 0.261 e. The van der Waals surface area contributed by atoms with Gasteiger partial charge in [0.2, 0.25) is 0 Å². The number of aromatic amines is 1. The third-order valence-electron chi connectivity index (χ3n) is 4.70. The van der Waals surface area contributed by atoms with E-state index in [1.807, 2.05) is 34.3 Å². The molecule has 0 atom stereocenters. The summed E-state index contributed by atoms with van der Waals surface area (Å²) in [4.78, 5) is 28.8. The molecule has 1 fully saturated rings. The van der Waals surface area contributed by atoms with Gasteiger partial charge in [-0.3, -0.25) is 9.59 Å². The van der Waals surface area contributed by atoms with Crippen LogP contribution in [0.5, 0.6) is 0 Å². The lowest BCUT2D eigenvalue weighted by Crippen LogP contribution is -2.23. The number of anilines is 1. The van der Waals surface area contributed by atoms with Crippen molar-refractivity contribution in [2.24, 2.45) is 0 Å². The predicted octanol–water partition coefficient (Wildman–Crippen LogP) is 3.34. The maximum absolute atomic E-state index is 12.6. The second kappa shape index (κ2) is 7.10. The average Bonchev–Trinajstić information content (AvgIpc) is 3.21. The van der Waals surface area contributed by atoms with E-state index < -0.39 is 11.5 Å². The van der Waals surface area contributed by atoms with E-state index in [1.54, 1.807) is 24.3 Å². The highest BCUT2D eigenvalue weighted by molar-refractivity contribution is 7.13. The molecule has 9 heteroatoms. The van der Waals surface area contributed by atoms with Crippen molar-refractivity contribution in [1.82, 2.24) is 25.2 Å². The van der Waals surface area contributed by atoms with Crippen molar-refractivity contribution in [3.8, 4) is 22.0 Å². The standard InChI is InChI=1S/C20H16N6O2S/c27-19(15-8-9-16(22-20(15)28)17-5-2-10-29-17)21-13-4-1-3-12(11-13)18-23-24-25-26(18)14-6-7-14/h1-5,8-11,14H,6-7H2,(H,21,27)(H,22,28). The van der Waals surface area contributed by atoms with E-state index in [1.165, 1.54) is 11.3 Å². The van der Waals surface area contributed by atoms with Crippen LogP contribution in [0.15, 0.2) is 58.7 Å². The van der Waals surface area contributed by atoms with Crippen LogP contribution in [0.1, 0.15) is 29.2 Å². The molecule has 0 aliphatic heterocycles. The average molecular weight is 404 g/mol. The Morgan fingerprint density at radius 3 is 2.83 bits per heavy atom. The van der Waals surface area contributed by atoms with Crippen LogP contribution in [0.2, 0.25) is 0 Å². The summed E-state index contributed by atoms with van der Waals surface area (Å²) in [5, 5.41) is 16.7. The molecule has 0 bridgehead atoms. The van der Waals surface area contributed by atoms with E-state index in [2.05, 4.69) is 25.8 Å². The Labute approximate surface area is 169 Å². The van der Waals surface area contributed by atoms with Crippen molar-refractivity contribution >= 4 is 22.9 Å². The third-order valence-corrected chi connectivity index (χ3v) is 5.61. The summed E-state index contributed by atoms with van der Waals surface area (Å²) in [6.45, 7) is 0. The minimum atomic E-state index is -0.470. The fourth-order valence-corrected chi connectivity index (χ4v) is 3.82. The number of thiophene rings is 1. The van der Waals surface area contributed by atoms with Crippen LogP contribution in [0.3, 0.4) is 0 Å². The minimum Gasteiger partial charge on any atom is -0.322 e. The van der Waals surface area contributed by atoms with E-state index in [4.69, 9.17) is 0 Å². The molecule has 29 heavy (non-hydrogen) atoms. The highest BCUT2D eigenvalue weighted by Gasteiger charge is 2.28. The Kier molecular flexibility index (Phi) is 4.28. The molecule has 1 saturated carbocycles. The lowest BCUT2D eigenvalue weighted by atomic mass is 10.1. The van der Waals surface area contributed by atoms with Gasteiger partial charge >= 0.3 is 0 Å². The van der Waals surface area contributed by atoms with Gasteiger partial charge in [-0.05, 0) is 59.0 Å². The Morgan fingerprint density at radius 1 is 1.17 bits per heavy atom. The zero-order chi connectivity index (χ0) is 19.8. The minimum absolute atomic E-state index is 0.0542. The van der Waals surface area contributed by atoms with Crippen molar-refractivity contribution in [3.05, 3.63) is 69.8 Å². The zero-order valence-corrected chi connectivity index (χ0v) is 16.0. The zero-order valence-electron chi connectivity index (χ0n) is 15.2. The van der Waals surface area contributed by atoms with Gasteiger partial charge in [0.25, 0.3) is 11.5 Å². The Morgan fingerprint density at radius 2 is 2.07 bits per heavy atom. The fraction of sp³-hybridized carbons (Fsp3) is 0.150. The van der Waals surface area contributed by atoms with Crippen molar-refractivity contribution in [2.45, 2.75) is 18.9 Å². The van der Waals surface area contributed by atoms with E-state index in [0.29, 0.717) is 23.2 Å². The van der Waals surface area contributed by atoms with Crippen molar-refractivity contribution < 1.29 is 4.79 Å². The number of hydrogen-bond acceptors (Lipinski definition) is 6. The number of nitrogens with zero attached hydrogens (tertiary/aromatic N) is 4. The first-order valence-electron chi connectivity index (χ1n) is 9.16. The number of pyridine rings is 1. The number of aromatic nitrogens is 5. The molecule has 3 heterocycles. The van der Waals surface area contributed by atoms with Crippen LogP contribution < -0.4 is 10.9 Å². The van der Waals surface area contributed by atoms with Gasteiger partial charge in [0.05, 0.1) is 16.6 Å². The van der Waals surface area contributed by atoms with Gasteiger partial charge in [-0.15, -0.1) is 16.4 Å². The normalized spacial score (nSPS) is 13.4. The Bertz CT molecular complexity index is 1240. The molecule has 8 nitrogen and oxygen atoms in total. The highest BCUT2D eigenvalue weighted by atomic mass is 32.1. The van der Waals surface area contributed by atoms with E-state index >= 15 is 0 Å². The number of carbonyl (C=O) groups excluding carboxylic acids is 1. The fourth-order valence-electron chi connectivity index (χ4n) is 3.11. The number of H-pyrrole nitrogens is 1. The highest BCUT2D eigenvalue weighted by Crippen LogP contribution is 2.36. The van der Waals surface area contributed by atoms with Gasteiger partial charge in [0.15, 0.2) is 5.82 Å². The monoisotopic (exact) mass is 404 g/mol. The molecular formula is C20H16N6O2S. The second-order valence-corrected chi connectivity index (χ2v) is 7.75. The van der Waals surface area contributed by atoms with Gasteiger partial charge in [-0.2, -0.15) is 0 Å². The van der Waals surface area contributed by atoms with Gasteiger partial charge < -0.3 is 10.3 Å². The molecule has 0 saturated heterocycles. The number of rotatable bonds is 5. The predicted molar refractivity (Wildman–Crippen MR) is 110 cm³/mol. The van der Waals surface area contributed by atoms with Crippen LogP contribution in [0, 0.1) is 0 Å². The molecular weight excluding hydrogens is 388 g/mol. The van der Waals surface area contributed by atoms with Gasteiger partial charge in [0, 0.05) is 11.3 Å². The molecule has 1 aliphatic rings. The molecule has 0 spiro atoms. The molecule has 0 radical (unpaired) electrons. The maximum Gasteiger partial charge on any atom is 0.261 e. The largest absolute Gasteiger partial charge is 0.322 e. The molecule has 3 aromatic heterocycles. The Balaban J connectivity index is 1.38. The second-order valence-electron chi connectivity index (χ2n) is 6.81. The first-order valence-corrected chi connectivity index (χ1v) is 10.0. The summed E-state index contributed by atoms with van der Waals surface area (Å²) in [6, 6.07) is 14.7. The van der Waals surface area contributed by atoms with E-state index in [9.17, 15) is 9.59 Å². The van der Waals surface area contributed by atoms with E-state index in [-0.39, 0.29) is 5.56 Å². The molecule has 5 rings (SSSR count). The van der Waals surface area contributed by atoms with Crippen LogP contribution in [-0.2, 0) is 0 Å². The SMILES string of the molecule is O=C(Nc1cccc(-c2nnnn2C2CC2)c1)c1ccc(-c2cccs2)[nH]c1=O.